The normalized spacial score (nSPS) is 10.0. The minimum Gasteiger partial charge on any atom is -0.301 e. The Balaban J connectivity index is 0. The highest BCUT2D eigenvalue weighted by molar-refractivity contribution is 4.56. The van der Waals surface area contributed by atoms with E-state index >= 15 is 0 Å². The molecule has 0 N–H and O–H groups in total. The SMILES string of the molecule is CCCC.CCN(CC)C(C)C. The van der Waals surface area contributed by atoms with Gasteiger partial charge in [0.2, 0.25) is 0 Å². The van der Waals surface area contributed by atoms with Crippen molar-refractivity contribution in [2.24, 2.45) is 0 Å². The molecule has 0 amide bonds. The van der Waals surface area contributed by atoms with E-state index in [9.17, 15) is 0 Å². The molecule has 0 fully saturated rings. The second kappa shape index (κ2) is 11.0. The van der Waals surface area contributed by atoms with E-state index in [1.165, 1.54) is 25.9 Å². The van der Waals surface area contributed by atoms with Crippen LogP contribution in [0.1, 0.15) is 54.4 Å². The second-order valence-corrected chi connectivity index (χ2v) is 3.31. The Kier molecular flexibility index (Phi) is 13.2. The molecule has 0 aliphatic carbocycles. The highest BCUT2D eigenvalue weighted by Crippen LogP contribution is 1.94. The minimum atomic E-state index is 0.713. The summed E-state index contributed by atoms with van der Waals surface area (Å²) < 4.78 is 0. The number of unbranched alkanes of at least 4 members (excludes halogenated alkanes) is 1. The van der Waals surface area contributed by atoms with Crippen molar-refractivity contribution in [1.29, 1.82) is 0 Å². The molecule has 0 atom stereocenters. The van der Waals surface area contributed by atoms with Crippen molar-refractivity contribution >= 4 is 0 Å². The molecule has 1 nitrogen and oxygen atoms in total. The zero-order valence-electron chi connectivity index (χ0n) is 9.85. The number of rotatable bonds is 4. The minimum absolute atomic E-state index is 0.713. The first-order valence-electron chi connectivity index (χ1n) is 5.37. The zero-order valence-corrected chi connectivity index (χ0v) is 9.85. The lowest BCUT2D eigenvalue weighted by Crippen LogP contribution is -2.29. The maximum Gasteiger partial charge on any atom is 0.00383 e. The summed E-state index contributed by atoms with van der Waals surface area (Å²) in [6.07, 6.45) is 2.64. The topological polar surface area (TPSA) is 3.24 Å². The van der Waals surface area contributed by atoms with Gasteiger partial charge in [-0.25, -0.2) is 0 Å². The first kappa shape index (κ1) is 14.5. The Morgan fingerprint density at radius 1 is 0.833 bits per heavy atom. The molecule has 0 aromatic heterocycles. The standard InChI is InChI=1S/C7H17N.C4H10/c1-5-8(6-2)7(3)4;1-3-4-2/h7H,5-6H2,1-4H3;3-4H2,1-2H3. The predicted octanol–water partition coefficient (Wildman–Crippen LogP) is 3.54. The fourth-order valence-corrected chi connectivity index (χ4v) is 0.954. The lowest BCUT2D eigenvalue weighted by molar-refractivity contribution is 0.246. The van der Waals surface area contributed by atoms with Crippen LogP contribution in [0.4, 0.5) is 0 Å². The van der Waals surface area contributed by atoms with E-state index in [0.717, 1.165) is 0 Å². The highest BCUT2D eigenvalue weighted by Gasteiger charge is 2.00. The van der Waals surface area contributed by atoms with E-state index in [-0.39, 0.29) is 0 Å². The third kappa shape index (κ3) is 9.96. The molecule has 0 unspecified atom stereocenters. The molecule has 0 spiro atoms. The third-order valence-corrected chi connectivity index (χ3v) is 2.04. The highest BCUT2D eigenvalue weighted by atomic mass is 15.1. The molecule has 0 heterocycles. The van der Waals surface area contributed by atoms with E-state index in [1.54, 1.807) is 0 Å². The van der Waals surface area contributed by atoms with Gasteiger partial charge < -0.3 is 4.90 Å². The first-order chi connectivity index (χ1) is 5.63. The zero-order chi connectivity index (χ0) is 9.98. The summed E-state index contributed by atoms with van der Waals surface area (Å²) in [5, 5.41) is 0. The molecule has 0 saturated carbocycles. The molecule has 0 aliphatic heterocycles. The van der Waals surface area contributed by atoms with Gasteiger partial charge in [-0.05, 0) is 26.9 Å². The molecule has 12 heavy (non-hydrogen) atoms. The Labute approximate surface area is 79.2 Å². The van der Waals surface area contributed by atoms with Crippen molar-refractivity contribution in [3.8, 4) is 0 Å². The maximum absolute atomic E-state index is 2.42. The van der Waals surface area contributed by atoms with Crippen LogP contribution in [0.3, 0.4) is 0 Å². The van der Waals surface area contributed by atoms with Crippen molar-refractivity contribution in [2.45, 2.75) is 60.4 Å². The molecular formula is C11H27N. The van der Waals surface area contributed by atoms with Crippen LogP contribution in [0, 0.1) is 0 Å². The summed E-state index contributed by atoms with van der Waals surface area (Å²) >= 11 is 0. The molecule has 0 bridgehead atoms. The van der Waals surface area contributed by atoms with Gasteiger partial charge in [0.1, 0.15) is 0 Å². The van der Waals surface area contributed by atoms with Gasteiger partial charge in [0, 0.05) is 6.04 Å². The molecule has 0 radical (unpaired) electrons. The van der Waals surface area contributed by atoms with Gasteiger partial charge in [-0.3, -0.25) is 0 Å². The summed E-state index contributed by atoms with van der Waals surface area (Å²) in [4.78, 5) is 2.42. The lowest BCUT2D eigenvalue weighted by Gasteiger charge is -2.21. The van der Waals surface area contributed by atoms with Crippen LogP contribution in [0.5, 0.6) is 0 Å². The molecule has 0 aliphatic rings. The van der Waals surface area contributed by atoms with Crippen LogP contribution in [0.25, 0.3) is 0 Å². The van der Waals surface area contributed by atoms with E-state index < -0.39 is 0 Å². The molecule has 0 saturated heterocycles. The summed E-state index contributed by atoms with van der Waals surface area (Å²) in [6.45, 7) is 15.6. The molecule has 0 rings (SSSR count). The van der Waals surface area contributed by atoms with E-state index in [0.29, 0.717) is 6.04 Å². The van der Waals surface area contributed by atoms with E-state index in [4.69, 9.17) is 0 Å². The second-order valence-electron chi connectivity index (χ2n) is 3.31. The first-order valence-corrected chi connectivity index (χ1v) is 5.37. The van der Waals surface area contributed by atoms with Gasteiger partial charge in [-0.2, -0.15) is 0 Å². The van der Waals surface area contributed by atoms with E-state index in [2.05, 4.69) is 46.4 Å². The maximum atomic E-state index is 2.42. The third-order valence-electron chi connectivity index (χ3n) is 2.04. The summed E-state index contributed by atoms with van der Waals surface area (Å²) in [6, 6.07) is 0.713. The molecular weight excluding hydrogens is 146 g/mol. The van der Waals surface area contributed by atoms with E-state index in [1.807, 2.05) is 0 Å². The van der Waals surface area contributed by atoms with Crippen molar-refractivity contribution in [3.05, 3.63) is 0 Å². The summed E-state index contributed by atoms with van der Waals surface area (Å²) in [7, 11) is 0. The fraction of sp³-hybridized carbons (Fsp3) is 1.00. The van der Waals surface area contributed by atoms with Gasteiger partial charge >= 0.3 is 0 Å². The van der Waals surface area contributed by atoms with Gasteiger partial charge in [-0.1, -0.05) is 40.5 Å². The fourth-order valence-electron chi connectivity index (χ4n) is 0.954. The molecule has 76 valence electrons. The average Bonchev–Trinajstić information content (AvgIpc) is 2.07. The van der Waals surface area contributed by atoms with Gasteiger partial charge in [0.25, 0.3) is 0 Å². The number of nitrogens with zero attached hydrogens (tertiary/aromatic N) is 1. The largest absolute Gasteiger partial charge is 0.301 e. The molecule has 0 aromatic carbocycles. The van der Waals surface area contributed by atoms with Crippen molar-refractivity contribution < 1.29 is 0 Å². The van der Waals surface area contributed by atoms with Crippen molar-refractivity contribution in [2.75, 3.05) is 13.1 Å². The smallest absolute Gasteiger partial charge is 0.00383 e. The van der Waals surface area contributed by atoms with Crippen molar-refractivity contribution in [1.82, 2.24) is 4.90 Å². The quantitative estimate of drug-likeness (QED) is 0.628. The van der Waals surface area contributed by atoms with Gasteiger partial charge in [0.15, 0.2) is 0 Å². The van der Waals surface area contributed by atoms with Crippen LogP contribution >= 0.6 is 0 Å². The summed E-state index contributed by atoms with van der Waals surface area (Å²) in [5.41, 5.74) is 0. The summed E-state index contributed by atoms with van der Waals surface area (Å²) in [5.74, 6) is 0. The van der Waals surface area contributed by atoms with Crippen LogP contribution in [0.15, 0.2) is 0 Å². The predicted molar refractivity (Wildman–Crippen MR) is 58.6 cm³/mol. The lowest BCUT2D eigenvalue weighted by atomic mass is 10.3. The van der Waals surface area contributed by atoms with Crippen molar-refractivity contribution in [3.63, 3.8) is 0 Å². The average molecular weight is 173 g/mol. The Morgan fingerprint density at radius 3 is 1.17 bits per heavy atom. The van der Waals surface area contributed by atoms with Crippen LogP contribution in [-0.2, 0) is 0 Å². The number of hydrogen-bond donors (Lipinski definition) is 0. The van der Waals surface area contributed by atoms with Crippen LogP contribution < -0.4 is 0 Å². The van der Waals surface area contributed by atoms with Gasteiger partial charge in [0.05, 0.1) is 0 Å². The Hall–Kier alpha value is -0.0400. The number of hydrogen-bond acceptors (Lipinski definition) is 1. The van der Waals surface area contributed by atoms with Crippen LogP contribution in [-0.4, -0.2) is 24.0 Å². The monoisotopic (exact) mass is 173 g/mol. The Morgan fingerprint density at radius 2 is 1.17 bits per heavy atom. The Bertz CT molecular complexity index is 63.4. The molecule has 1 heteroatoms. The van der Waals surface area contributed by atoms with Gasteiger partial charge in [-0.15, -0.1) is 0 Å². The van der Waals surface area contributed by atoms with Crippen LogP contribution in [0.2, 0.25) is 0 Å². The molecule has 0 aromatic rings.